The van der Waals surface area contributed by atoms with Gasteiger partial charge in [0, 0.05) is 13.0 Å². The van der Waals surface area contributed by atoms with Gasteiger partial charge in [-0.25, -0.2) is 0 Å². The first-order chi connectivity index (χ1) is 8.11. The van der Waals surface area contributed by atoms with Crippen molar-refractivity contribution in [3.63, 3.8) is 0 Å². The molecule has 3 nitrogen and oxygen atoms in total. The minimum atomic E-state index is -0.251. The van der Waals surface area contributed by atoms with Gasteiger partial charge in [0.1, 0.15) is 11.5 Å². The van der Waals surface area contributed by atoms with Crippen LogP contribution in [-0.2, 0) is 11.2 Å². The maximum Gasteiger partial charge on any atom is 0.120 e. The zero-order valence-electron chi connectivity index (χ0n) is 11.2. The highest BCUT2D eigenvalue weighted by molar-refractivity contribution is 5.85. The third-order valence-corrected chi connectivity index (χ3v) is 3.19. The van der Waals surface area contributed by atoms with E-state index in [-0.39, 0.29) is 18.1 Å². The molecule has 18 heavy (non-hydrogen) atoms. The molecule has 4 heteroatoms. The van der Waals surface area contributed by atoms with Gasteiger partial charge in [-0.2, -0.15) is 0 Å². The fourth-order valence-electron chi connectivity index (χ4n) is 2.11. The number of ether oxygens (including phenoxy) is 2. The maximum absolute atomic E-state index is 5.90. The van der Waals surface area contributed by atoms with Gasteiger partial charge in [-0.3, -0.25) is 5.32 Å². The maximum atomic E-state index is 5.90. The van der Waals surface area contributed by atoms with Crippen LogP contribution < -0.4 is 10.1 Å². The van der Waals surface area contributed by atoms with Crippen LogP contribution in [0.15, 0.2) is 24.3 Å². The van der Waals surface area contributed by atoms with Gasteiger partial charge in [-0.05, 0) is 30.5 Å². The zero-order chi connectivity index (χ0) is 12.3. The van der Waals surface area contributed by atoms with Gasteiger partial charge in [-0.15, -0.1) is 12.4 Å². The third kappa shape index (κ3) is 3.87. The van der Waals surface area contributed by atoms with Gasteiger partial charge in [-0.1, -0.05) is 19.1 Å². The van der Waals surface area contributed by atoms with E-state index in [0.717, 1.165) is 25.3 Å². The Kier molecular flexibility index (Phi) is 5.45. The van der Waals surface area contributed by atoms with E-state index in [4.69, 9.17) is 9.47 Å². The number of methoxy groups -OCH3 is 1. The molecule has 0 aromatic heterocycles. The molecule has 102 valence electrons. The first-order valence-corrected chi connectivity index (χ1v) is 6.13. The summed E-state index contributed by atoms with van der Waals surface area (Å²) in [6, 6.07) is 8.15. The van der Waals surface area contributed by atoms with Crippen molar-refractivity contribution in [2.75, 3.05) is 20.3 Å². The summed E-state index contributed by atoms with van der Waals surface area (Å²) >= 11 is 0. The second kappa shape index (κ2) is 6.41. The second-order valence-electron chi connectivity index (χ2n) is 5.06. The van der Waals surface area contributed by atoms with E-state index in [9.17, 15) is 0 Å². The smallest absolute Gasteiger partial charge is 0.120 e. The Balaban J connectivity index is 0.00000162. The van der Waals surface area contributed by atoms with Crippen molar-refractivity contribution in [1.82, 2.24) is 5.32 Å². The van der Waals surface area contributed by atoms with Crippen LogP contribution in [0, 0.1) is 5.92 Å². The summed E-state index contributed by atoms with van der Waals surface area (Å²) in [5.41, 5.74) is 0.979. The predicted octanol–water partition coefficient (Wildman–Crippen LogP) is 2.63. The van der Waals surface area contributed by atoms with Gasteiger partial charge in [0.25, 0.3) is 0 Å². The molecule has 2 unspecified atom stereocenters. The average molecular weight is 272 g/mol. The third-order valence-electron chi connectivity index (χ3n) is 3.19. The van der Waals surface area contributed by atoms with E-state index >= 15 is 0 Å². The van der Waals surface area contributed by atoms with Crippen molar-refractivity contribution in [1.29, 1.82) is 0 Å². The second-order valence-corrected chi connectivity index (χ2v) is 5.06. The normalized spacial score (nSPS) is 27.4. The summed E-state index contributed by atoms with van der Waals surface area (Å²) in [5.74, 6) is 1.49. The fraction of sp³-hybridized carbons (Fsp3) is 0.571. The van der Waals surface area contributed by atoms with Gasteiger partial charge >= 0.3 is 0 Å². The Morgan fingerprint density at radius 2 is 2.28 bits per heavy atom. The van der Waals surface area contributed by atoms with Gasteiger partial charge < -0.3 is 9.47 Å². The molecule has 0 saturated carbocycles. The van der Waals surface area contributed by atoms with Crippen molar-refractivity contribution in [3.8, 4) is 5.75 Å². The molecule has 0 bridgehead atoms. The van der Waals surface area contributed by atoms with Crippen molar-refractivity contribution in [3.05, 3.63) is 29.8 Å². The molecule has 2 atom stereocenters. The van der Waals surface area contributed by atoms with E-state index in [1.165, 1.54) is 5.56 Å². The number of benzene rings is 1. The minimum absolute atomic E-state index is 0. The molecular formula is C14H22ClNO2. The number of hydrogen-bond donors (Lipinski definition) is 1. The van der Waals surface area contributed by atoms with Crippen molar-refractivity contribution in [2.45, 2.75) is 26.0 Å². The van der Waals surface area contributed by atoms with E-state index in [0.29, 0.717) is 5.92 Å². The molecule has 1 fully saturated rings. The molecule has 1 aromatic rings. The number of rotatable bonds is 3. The molecule has 0 amide bonds. The summed E-state index contributed by atoms with van der Waals surface area (Å²) in [6.07, 6.45) is 0.858. The standard InChI is InChI=1S/C14H21NO2.ClH/c1-11-9-15-14(2,17-10-11)8-12-5-4-6-13(7-12)16-3;/h4-7,11,15H,8-10H2,1-3H3;1H. The van der Waals surface area contributed by atoms with Crippen molar-refractivity contribution < 1.29 is 9.47 Å². The van der Waals surface area contributed by atoms with E-state index in [2.05, 4.69) is 31.3 Å². The predicted molar refractivity (Wildman–Crippen MR) is 75.5 cm³/mol. The lowest BCUT2D eigenvalue weighted by molar-refractivity contribution is -0.0997. The summed E-state index contributed by atoms with van der Waals surface area (Å²) in [4.78, 5) is 0. The molecule has 1 aliphatic rings. The van der Waals surface area contributed by atoms with Crippen LogP contribution >= 0.6 is 12.4 Å². The Hall–Kier alpha value is -0.770. The van der Waals surface area contributed by atoms with Crippen molar-refractivity contribution in [2.24, 2.45) is 5.92 Å². The lowest BCUT2D eigenvalue weighted by Gasteiger charge is -2.38. The number of hydrogen-bond acceptors (Lipinski definition) is 3. The molecule has 2 rings (SSSR count). The van der Waals surface area contributed by atoms with E-state index < -0.39 is 0 Å². The molecule has 0 spiro atoms. The number of nitrogens with one attached hydrogen (secondary N) is 1. The SMILES string of the molecule is COc1cccc(CC2(C)NCC(C)CO2)c1.Cl. The highest BCUT2D eigenvalue weighted by Gasteiger charge is 2.30. The van der Waals surface area contributed by atoms with Crippen LogP contribution in [0.5, 0.6) is 5.75 Å². The molecule has 1 heterocycles. The summed E-state index contributed by atoms with van der Waals surface area (Å²) < 4.78 is 11.1. The molecule has 0 radical (unpaired) electrons. The monoisotopic (exact) mass is 271 g/mol. The quantitative estimate of drug-likeness (QED) is 0.917. The van der Waals surface area contributed by atoms with Gasteiger partial charge in [0.05, 0.1) is 13.7 Å². The molecular weight excluding hydrogens is 250 g/mol. The summed E-state index contributed by atoms with van der Waals surface area (Å²) in [6.45, 7) is 6.14. The molecule has 0 aliphatic carbocycles. The highest BCUT2D eigenvalue weighted by Crippen LogP contribution is 2.22. The molecule has 1 aromatic carbocycles. The van der Waals surface area contributed by atoms with Gasteiger partial charge in [0.15, 0.2) is 0 Å². The first-order valence-electron chi connectivity index (χ1n) is 6.13. The summed E-state index contributed by atoms with van der Waals surface area (Å²) in [5, 5.41) is 3.47. The lowest BCUT2D eigenvalue weighted by Crippen LogP contribution is -2.53. The van der Waals surface area contributed by atoms with Crippen LogP contribution in [0.4, 0.5) is 0 Å². The topological polar surface area (TPSA) is 30.5 Å². The fourth-order valence-corrected chi connectivity index (χ4v) is 2.11. The number of halogens is 1. The Labute approximate surface area is 115 Å². The molecule has 1 aliphatic heterocycles. The highest BCUT2D eigenvalue weighted by atomic mass is 35.5. The molecule has 1 N–H and O–H groups in total. The van der Waals surface area contributed by atoms with Gasteiger partial charge in [0.2, 0.25) is 0 Å². The van der Waals surface area contributed by atoms with Crippen LogP contribution in [0.3, 0.4) is 0 Å². The Bertz CT molecular complexity index is 376. The van der Waals surface area contributed by atoms with E-state index in [1.54, 1.807) is 7.11 Å². The molecule has 1 saturated heterocycles. The van der Waals surface area contributed by atoms with Crippen LogP contribution in [0.1, 0.15) is 19.4 Å². The first kappa shape index (κ1) is 15.3. The Morgan fingerprint density at radius 1 is 1.50 bits per heavy atom. The average Bonchev–Trinajstić information content (AvgIpc) is 2.33. The van der Waals surface area contributed by atoms with Crippen LogP contribution in [0.2, 0.25) is 0 Å². The summed E-state index contributed by atoms with van der Waals surface area (Å²) in [7, 11) is 1.69. The van der Waals surface area contributed by atoms with Crippen LogP contribution in [-0.4, -0.2) is 26.0 Å². The van der Waals surface area contributed by atoms with Crippen LogP contribution in [0.25, 0.3) is 0 Å². The Morgan fingerprint density at radius 3 is 2.89 bits per heavy atom. The lowest BCUT2D eigenvalue weighted by atomic mass is 10.0. The minimum Gasteiger partial charge on any atom is -0.497 e. The van der Waals surface area contributed by atoms with E-state index in [1.807, 2.05) is 12.1 Å². The largest absolute Gasteiger partial charge is 0.497 e. The zero-order valence-corrected chi connectivity index (χ0v) is 12.0. The van der Waals surface area contributed by atoms with Crippen molar-refractivity contribution >= 4 is 12.4 Å².